The molecule has 1 saturated heterocycles. The maximum atomic E-state index is 12.8. The zero-order valence-corrected chi connectivity index (χ0v) is 19.9. The van der Waals surface area contributed by atoms with E-state index >= 15 is 0 Å². The summed E-state index contributed by atoms with van der Waals surface area (Å²) < 4.78 is 37.3. The zero-order valence-electron chi connectivity index (χ0n) is 18.3. The largest absolute Gasteiger partial charge is 0.451 e. The Hall–Kier alpha value is -2.27. The number of carbonyl (C=O) groups excluding carboxylic acids is 2. The molecule has 3 rings (SSSR count). The predicted molar refractivity (Wildman–Crippen MR) is 123 cm³/mol. The molecule has 0 bridgehead atoms. The number of thiophene rings is 1. The summed E-state index contributed by atoms with van der Waals surface area (Å²) in [5.74, 6) is -1.08. The van der Waals surface area contributed by atoms with E-state index in [2.05, 4.69) is 12.2 Å². The summed E-state index contributed by atoms with van der Waals surface area (Å²) >= 11 is 1.40. The molecule has 0 spiro atoms. The van der Waals surface area contributed by atoms with Crippen molar-refractivity contribution >= 4 is 38.9 Å². The van der Waals surface area contributed by atoms with Crippen molar-refractivity contribution in [1.82, 2.24) is 4.31 Å². The van der Waals surface area contributed by atoms with Crippen LogP contribution in [0.5, 0.6) is 0 Å². The average molecular weight is 481 g/mol. The van der Waals surface area contributed by atoms with Crippen LogP contribution >= 0.6 is 11.3 Å². The van der Waals surface area contributed by atoms with Gasteiger partial charge in [0.25, 0.3) is 5.91 Å². The molecule has 10 heteroatoms. The number of esters is 1. The van der Waals surface area contributed by atoms with Gasteiger partial charge in [-0.3, -0.25) is 4.79 Å². The number of nitrogens with zero attached hydrogens (tertiary/aromatic N) is 1. The first kappa shape index (κ1) is 24.4. The summed E-state index contributed by atoms with van der Waals surface area (Å²) in [5, 5.41) is 2.59. The monoisotopic (exact) mass is 480 g/mol. The van der Waals surface area contributed by atoms with Gasteiger partial charge in [-0.2, -0.15) is 4.31 Å². The highest BCUT2D eigenvalue weighted by Crippen LogP contribution is 2.25. The highest BCUT2D eigenvalue weighted by atomic mass is 32.2. The lowest BCUT2D eigenvalue weighted by Crippen LogP contribution is -2.40. The van der Waals surface area contributed by atoms with E-state index in [1.165, 1.54) is 32.7 Å². The minimum absolute atomic E-state index is 0.0864. The van der Waals surface area contributed by atoms with Crippen molar-refractivity contribution in [3.63, 3.8) is 0 Å². The van der Waals surface area contributed by atoms with Gasteiger partial charge in [-0.1, -0.05) is 26.3 Å². The Morgan fingerprint density at radius 1 is 1.19 bits per heavy atom. The number of anilines is 1. The van der Waals surface area contributed by atoms with Gasteiger partial charge in [0.15, 0.2) is 6.61 Å². The maximum absolute atomic E-state index is 12.8. The average Bonchev–Trinajstić information content (AvgIpc) is 3.21. The van der Waals surface area contributed by atoms with Crippen LogP contribution in [0.25, 0.3) is 0 Å². The molecule has 8 nitrogen and oxygen atoms in total. The van der Waals surface area contributed by atoms with Gasteiger partial charge in [-0.25, -0.2) is 13.2 Å². The first-order valence-corrected chi connectivity index (χ1v) is 12.9. The van der Waals surface area contributed by atoms with Crippen LogP contribution in [0, 0.1) is 0 Å². The smallest absolute Gasteiger partial charge is 0.348 e. The van der Waals surface area contributed by atoms with E-state index in [4.69, 9.17) is 9.47 Å². The first-order chi connectivity index (χ1) is 15.3. The van der Waals surface area contributed by atoms with E-state index in [0.29, 0.717) is 23.8 Å². The number of aryl methyl sites for hydroxylation is 2. The molecule has 1 aromatic heterocycles. The van der Waals surface area contributed by atoms with Crippen molar-refractivity contribution in [2.75, 3.05) is 38.2 Å². The van der Waals surface area contributed by atoms with Crippen molar-refractivity contribution in [1.29, 1.82) is 0 Å². The van der Waals surface area contributed by atoms with E-state index in [-0.39, 0.29) is 18.0 Å². The Kier molecular flexibility index (Phi) is 8.41. The van der Waals surface area contributed by atoms with E-state index in [9.17, 15) is 18.0 Å². The fraction of sp³-hybridized carbons (Fsp3) is 0.455. The summed E-state index contributed by atoms with van der Waals surface area (Å²) in [6.07, 6.45) is 2.74. The van der Waals surface area contributed by atoms with Crippen LogP contribution in [0.1, 0.15) is 40.4 Å². The Morgan fingerprint density at radius 3 is 2.62 bits per heavy atom. The van der Waals surface area contributed by atoms with Gasteiger partial charge in [0.05, 0.1) is 18.1 Å². The number of nitrogens with one attached hydrogen (secondary N) is 1. The molecule has 1 fully saturated rings. The van der Waals surface area contributed by atoms with E-state index in [0.717, 1.165) is 24.8 Å². The molecule has 1 aliphatic rings. The fourth-order valence-electron chi connectivity index (χ4n) is 3.37. The van der Waals surface area contributed by atoms with Gasteiger partial charge >= 0.3 is 5.97 Å². The van der Waals surface area contributed by atoms with Crippen LogP contribution in [0.4, 0.5) is 5.69 Å². The predicted octanol–water partition coefficient (Wildman–Crippen LogP) is 3.08. The molecule has 0 saturated carbocycles. The summed E-state index contributed by atoms with van der Waals surface area (Å²) in [5.41, 5.74) is 1.45. The van der Waals surface area contributed by atoms with Crippen molar-refractivity contribution in [3.8, 4) is 0 Å². The summed E-state index contributed by atoms with van der Waals surface area (Å²) in [6.45, 7) is 4.95. The maximum Gasteiger partial charge on any atom is 0.348 e. The topological polar surface area (TPSA) is 102 Å². The third-order valence-electron chi connectivity index (χ3n) is 5.02. The van der Waals surface area contributed by atoms with Crippen molar-refractivity contribution in [3.05, 3.63) is 45.6 Å². The van der Waals surface area contributed by atoms with Gasteiger partial charge < -0.3 is 14.8 Å². The molecule has 1 aromatic carbocycles. The summed E-state index contributed by atoms with van der Waals surface area (Å²) in [4.78, 5) is 26.4. The SMILES string of the molecule is CCCc1sc(C(=O)OCC(=O)Nc2cccc(S(=O)(=O)N3CCOCC3)c2)cc1CC. The summed E-state index contributed by atoms with van der Waals surface area (Å²) in [7, 11) is -3.67. The number of carbonyl (C=O) groups is 2. The molecule has 32 heavy (non-hydrogen) atoms. The molecule has 2 heterocycles. The standard InChI is InChI=1S/C22H28N2O6S2/c1-3-6-19-16(4-2)13-20(31-19)22(26)30-15-21(25)23-17-7-5-8-18(14-17)32(27,28)24-9-11-29-12-10-24/h5,7-8,13-14H,3-4,6,9-12,15H2,1-2H3,(H,23,25). The highest BCUT2D eigenvalue weighted by molar-refractivity contribution is 7.89. The molecule has 0 aliphatic carbocycles. The Balaban J connectivity index is 1.59. The molecular weight excluding hydrogens is 452 g/mol. The van der Waals surface area contributed by atoms with Crippen LogP contribution in [0.3, 0.4) is 0 Å². The number of ether oxygens (including phenoxy) is 2. The number of amides is 1. The molecule has 174 valence electrons. The quantitative estimate of drug-likeness (QED) is 0.554. The van der Waals surface area contributed by atoms with Crippen LogP contribution in [0.2, 0.25) is 0 Å². The third-order valence-corrected chi connectivity index (χ3v) is 8.13. The van der Waals surface area contributed by atoms with Crippen LogP contribution < -0.4 is 5.32 Å². The number of morpholine rings is 1. The van der Waals surface area contributed by atoms with Crippen LogP contribution in [0.15, 0.2) is 35.2 Å². The van der Waals surface area contributed by atoms with Gasteiger partial charge in [-0.15, -0.1) is 11.3 Å². The first-order valence-electron chi connectivity index (χ1n) is 10.6. The van der Waals surface area contributed by atoms with E-state index in [1.54, 1.807) is 12.1 Å². The van der Waals surface area contributed by atoms with Gasteiger partial charge in [-0.05, 0) is 42.7 Å². The van der Waals surface area contributed by atoms with Gasteiger partial charge in [0.1, 0.15) is 4.88 Å². The van der Waals surface area contributed by atoms with Crippen molar-refractivity contribution < 1.29 is 27.5 Å². The minimum atomic E-state index is -3.67. The lowest BCUT2D eigenvalue weighted by Gasteiger charge is -2.26. The molecule has 2 aromatic rings. The molecule has 1 N–H and O–H groups in total. The lowest BCUT2D eigenvalue weighted by atomic mass is 10.1. The number of benzene rings is 1. The fourth-order valence-corrected chi connectivity index (χ4v) is 6.08. The van der Waals surface area contributed by atoms with E-state index in [1.807, 2.05) is 13.0 Å². The second-order valence-electron chi connectivity index (χ2n) is 7.33. The zero-order chi connectivity index (χ0) is 23.1. The Labute approximate surface area is 192 Å². The second kappa shape index (κ2) is 11.0. The normalized spacial score (nSPS) is 14.8. The van der Waals surface area contributed by atoms with Crippen molar-refractivity contribution in [2.45, 2.75) is 38.0 Å². The minimum Gasteiger partial charge on any atom is -0.451 e. The van der Waals surface area contributed by atoms with Crippen LogP contribution in [-0.4, -0.2) is 57.5 Å². The molecule has 1 aliphatic heterocycles. The lowest BCUT2D eigenvalue weighted by molar-refractivity contribution is -0.119. The molecule has 1 amide bonds. The third kappa shape index (κ3) is 5.94. The van der Waals surface area contributed by atoms with Crippen molar-refractivity contribution in [2.24, 2.45) is 0 Å². The molecule has 0 unspecified atom stereocenters. The number of rotatable bonds is 9. The Bertz CT molecular complexity index is 1060. The molecule has 0 atom stereocenters. The summed E-state index contributed by atoms with van der Waals surface area (Å²) in [6, 6.07) is 7.85. The molecular formula is C22H28N2O6S2. The number of hydrogen-bond acceptors (Lipinski definition) is 7. The van der Waals surface area contributed by atoms with Gasteiger partial charge in [0.2, 0.25) is 10.0 Å². The second-order valence-corrected chi connectivity index (χ2v) is 10.4. The van der Waals surface area contributed by atoms with Gasteiger partial charge in [0, 0.05) is 23.7 Å². The number of hydrogen-bond donors (Lipinski definition) is 1. The van der Waals surface area contributed by atoms with Crippen LogP contribution in [-0.2, 0) is 37.1 Å². The highest BCUT2D eigenvalue weighted by Gasteiger charge is 2.26. The molecule has 0 radical (unpaired) electrons. The Morgan fingerprint density at radius 2 is 1.94 bits per heavy atom. The number of sulfonamides is 1. The van der Waals surface area contributed by atoms with E-state index < -0.39 is 28.5 Å².